The quantitative estimate of drug-likeness (QED) is 0.754. The van der Waals surface area contributed by atoms with Crippen LogP contribution in [-0.2, 0) is 6.54 Å². The number of rotatable bonds is 3. The molecule has 0 unspecified atom stereocenters. The van der Waals surface area contributed by atoms with Gasteiger partial charge in [-0.1, -0.05) is 12.1 Å². The lowest BCUT2D eigenvalue weighted by atomic mass is 10.2. The monoisotopic (exact) mass is 290 g/mol. The van der Waals surface area contributed by atoms with Gasteiger partial charge in [0.15, 0.2) is 10.4 Å². The molecular weight excluding hydrogens is 279 g/mol. The molecule has 0 bridgehead atoms. The summed E-state index contributed by atoms with van der Waals surface area (Å²) in [5.74, 6) is 0.153. The van der Waals surface area contributed by atoms with Crippen LogP contribution in [0.1, 0.15) is 5.56 Å². The average molecular weight is 290 g/mol. The molecule has 3 aromatic rings. The summed E-state index contributed by atoms with van der Waals surface area (Å²) in [6.45, 7) is 0.427. The Morgan fingerprint density at radius 3 is 3.00 bits per heavy atom. The Morgan fingerprint density at radius 2 is 2.25 bits per heavy atom. The minimum atomic E-state index is -0.277. The van der Waals surface area contributed by atoms with Crippen LogP contribution in [0.3, 0.4) is 0 Å². The summed E-state index contributed by atoms with van der Waals surface area (Å²) >= 11 is 5.28. The van der Waals surface area contributed by atoms with Crippen LogP contribution in [0.25, 0.3) is 11.2 Å². The van der Waals surface area contributed by atoms with E-state index in [2.05, 4.69) is 15.0 Å². The van der Waals surface area contributed by atoms with Crippen LogP contribution >= 0.6 is 12.2 Å². The van der Waals surface area contributed by atoms with Crippen molar-refractivity contribution in [3.8, 4) is 5.88 Å². The smallest absolute Gasteiger partial charge is 0.242 e. The average Bonchev–Trinajstić information content (AvgIpc) is 2.75. The van der Waals surface area contributed by atoms with Crippen LogP contribution in [0.15, 0.2) is 30.6 Å². The first-order chi connectivity index (χ1) is 9.69. The number of aromatic nitrogens is 4. The van der Waals surface area contributed by atoms with Crippen molar-refractivity contribution < 1.29 is 9.13 Å². The highest BCUT2D eigenvalue weighted by Crippen LogP contribution is 2.21. The van der Waals surface area contributed by atoms with Gasteiger partial charge < -0.3 is 9.72 Å². The lowest BCUT2D eigenvalue weighted by Gasteiger charge is -2.04. The fourth-order valence-electron chi connectivity index (χ4n) is 2.06. The fourth-order valence-corrected chi connectivity index (χ4v) is 2.32. The molecule has 5 nitrogen and oxygen atoms in total. The lowest BCUT2D eigenvalue weighted by molar-refractivity contribution is 0.401. The van der Waals surface area contributed by atoms with Crippen LogP contribution in [0, 0.1) is 10.6 Å². The van der Waals surface area contributed by atoms with Crippen molar-refractivity contribution in [2.45, 2.75) is 6.54 Å². The van der Waals surface area contributed by atoms with Gasteiger partial charge >= 0.3 is 0 Å². The Balaban J connectivity index is 2.12. The maximum absolute atomic E-state index is 13.2. The number of H-pyrrole nitrogens is 1. The van der Waals surface area contributed by atoms with Crippen LogP contribution in [0.4, 0.5) is 4.39 Å². The van der Waals surface area contributed by atoms with Crippen molar-refractivity contribution in [3.63, 3.8) is 0 Å². The molecule has 0 atom stereocenters. The fraction of sp³-hybridized carbons (Fsp3) is 0.154. The number of hydrogen-bond acceptors (Lipinski definition) is 4. The first kappa shape index (κ1) is 12.7. The first-order valence-electron chi connectivity index (χ1n) is 5.91. The maximum Gasteiger partial charge on any atom is 0.242 e. The normalized spacial score (nSPS) is 10.9. The number of ether oxygens (including phenoxy) is 1. The van der Waals surface area contributed by atoms with Crippen LogP contribution in [0.5, 0.6) is 5.88 Å². The van der Waals surface area contributed by atoms with Crippen molar-refractivity contribution in [1.29, 1.82) is 0 Å². The van der Waals surface area contributed by atoms with E-state index in [1.165, 1.54) is 25.6 Å². The van der Waals surface area contributed by atoms with Crippen molar-refractivity contribution in [2.24, 2.45) is 0 Å². The van der Waals surface area contributed by atoms with Gasteiger partial charge in [0.25, 0.3) is 0 Å². The predicted molar refractivity (Wildman–Crippen MR) is 74.8 cm³/mol. The van der Waals surface area contributed by atoms with Gasteiger partial charge in [-0.15, -0.1) is 0 Å². The zero-order valence-electron chi connectivity index (χ0n) is 10.6. The zero-order chi connectivity index (χ0) is 14.1. The van der Waals surface area contributed by atoms with E-state index >= 15 is 0 Å². The number of methoxy groups -OCH3 is 1. The molecular formula is C13H11FN4OS. The van der Waals surface area contributed by atoms with Gasteiger partial charge in [-0.05, 0) is 29.9 Å². The predicted octanol–water partition coefficient (Wildman–Crippen LogP) is 2.68. The number of aromatic amines is 1. The topological polar surface area (TPSA) is 55.7 Å². The first-order valence-corrected chi connectivity index (χ1v) is 6.32. The van der Waals surface area contributed by atoms with Crippen LogP contribution in [-0.4, -0.2) is 26.6 Å². The van der Waals surface area contributed by atoms with E-state index in [4.69, 9.17) is 17.0 Å². The Hall–Kier alpha value is -2.28. The molecule has 0 aliphatic heterocycles. The van der Waals surface area contributed by atoms with Gasteiger partial charge in [-0.3, -0.25) is 4.57 Å². The molecule has 0 spiro atoms. The summed E-state index contributed by atoms with van der Waals surface area (Å²) < 4.78 is 20.7. The molecule has 102 valence electrons. The molecule has 0 fully saturated rings. The highest BCUT2D eigenvalue weighted by Gasteiger charge is 2.11. The van der Waals surface area contributed by atoms with E-state index < -0.39 is 0 Å². The second kappa shape index (κ2) is 5.01. The lowest BCUT2D eigenvalue weighted by Crippen LogP contribution is -2.01. The highest BCUT2D eigenvalue weighted by atomic mass is 32.1. The molecule has 0 radical (unpaired) electrons. The van der Waals surface area contributed by atoms with Crippen LogP contribution < -0.4 is 4.74 Å². The van der Waals surface area contributed by atoms with E-state index in [-0.39, 0.29) is 5.82 Å². The molecule has 0 aliphatic carbocycles. The number of fused-ring (bicyclic) bond motifs is 1. The minimum Gasteiger partial charge on any atom is -0.479 e. The van der Waals surface area contributed by atoms with Crippen LogP contribution in [0.2, 0.25) is 0 Å². The molecule has 1 aromatic carbocycles. The number of hydrogen-bond donors (Lipinski definition) is 1. The highest BCUT2D eigenvalue weighted by molar-refractivity contribution is 7.71. The van der Waals surface area contributed by atoms with Gasteiger partial charge in [0.05, 0.1) is 13.7 Å². The summed E-state index contributed by atoms with van der Waals surface area (Å²) in [4.78, 5) is 11.2. The molecule has 20 heavy (non-hydrogen) atoms. The Labute approximate surface area is 119 Å². The van der Waals surface area contributed by atoms with Gasteiger partial charge in [0, 0.05) is 0 Å². The van der Waals surface area contributed by atoms with E-state index in [1.54, 1.807) is 10.6 Å². The number of halogens is 1. The molecule has 0 aliphatic rings. The van der Waals surface area contributed by atoms with E-state index in [1.807, 2.05) is 6.07 Å². The van der Waals surface area contributed by atoms with Gasteiger partial charge in [0.2, 0.25) is 5.88 Å². The number of nitrogens with zero attached hydrogens (tertiary/aromatic N) is 3. The van der Waals surface area contributed by atoms with Gasteiger partial charge in [-0.2, -0.15) is 4.98 Å². The second-order valence-electron chi connectivity index (χ2n) is 4.23. The minimum absolute atomic E-state index is 0.277. The summed E-state index contributed by atoms with van der Waals surface area (Å²) in [5.41, 5.74) is 2.07. The molecule has 0 saturated heterocycles. The van der Waals surface area contributed by atoms with Gasteiger partial charge in [-0.25, -0.2) is 9.37 Å². The molecule has 2 aromatic heterocycles. The summed E-state index contributed by atoms with van der Waals surface area (Å²) in [6.07, 6.45) is 1.41. The Morgan fingerprint density at radius 1 is 1.40 bits per heavy atom. The largest absolute Gasteiger partial charge is 0.479 e. The molecule has 0 amide bonds. The van der Waals surface area contributed by atoms with Crippen molar-refractivity contribution in [2.75, 3.05) is 7.11 Å². The number of imidazole rings is 1. The van der Waals surface area contributed by atoms with Crippen molar-refractivity contribution in [3.05, 3.63) is 46.7 Å². The summed E-state index contributed by atoms with van der Waals surface area (Å²) in [5, 5.41) is 0. The molecule has 3 rings (SSSR count). The third-order valence-electron chi connectivity index (χ3n) is 2.95. The SMILES string of the molecule is COc1ncnc2c1[nH]c(=S)n2Cc1cccc(F)c1. The molecule has 7 heteroatoms. The van der Waals surface area contributed by atoms with E-state index in [0.29, 0.717) is 28.4 Å². The third-order valence-corrected chi connectivity index (χ3v) is 3.27. The Bertz CT molecular complexity index is 827. The van der Waals surface area contributed by atoms with Gasteiger partial charge in [0.1, 0.15) is 17.7 Å². The number of nitrogens with one attached hydrogen (secondary N) is 1. The van der Waals surface area contributed by atoms with Crippen molar-refractivity contribution in [1.82, 2.24) is 19.5 Å². The van der Waals surface area contributed by atoms with Crippen molar-refractivity contribution >= 4 is 23.4 Å². The summed E-state index contributed by atoms with van der Waals surface area (Å²) in [6, 6.07) is 6.38. The Kier molecular flexibility index (Phi) is 3.19. The van der Waals surface area contributed by atoms with E-state index in [9.17, 15) is 4.39 Å². The summed E-state index contributed by atoms with van der Waals surface area (Å²) in [7, 11) is 1.53. The van der Waals surface area contributed by atoms with E-state index in [0.717, 1.165) is 5.56 Å². The molecule has 1 N–H and O–H groups in total. The third kappa shape index (κ3) is 2.16. The second-order valence-corrected chi connectivity index (χ2v) is 4.61. The molecule has 0 saturated carbocycles. The number of benzene rings is 1. The zero-order valence-corrected chi connectivity index (χ0v) is 11.4. The standard InChI is InChI=1S/C13H11FN4OS/c1-19-12-10-11(15-7-16-12)18(13(20)17-10)6-8-3-2-4-9(14)5-8/h2-5,7H,6H2,1H3,(H,17,20). The maximum atomic E-state index is 13.2. The molecule has 2 heterocycles.